The van der Waals surface area contributed by atoms with Gasteiger partial charge in [0.05, 0.1) is 6.20 Å². The van der Waals surface area contributed by atoms with Gasteiger partial charge in [-0.15, -0.1) is 0 Å². The van der Waals surface area contributed by atoms with Crippen LogP contribution in [0.5, 0.6) is 0 Å². The zero-order valence-electron chi connectivity index (χ0n) is 10.3. The number of hydrogen-bond donors (Lipinski definition) is 2. The molecular formula is C12H15FN4S. The van der Waals surface area contributed by atoms with Crippen LogP contribution in [0.4, 0.5) is 16.2 Å². The van der Waals surface area contributed by atoms with Crippen molar-refractivity contribution in [2.24, 2.45) is 0 Å². The summed E-state index contributed by atoms with van der Waals surface area (Å²) < 4.78 is 13.5. The standard InChI is InChI=1S/C12H15FN4S/c1-3-14-12-16-5-10(13)11(17-12)15-4-9-7-18-6-8(9)2/h5-7H,3-4H2,1-2H3,(H2,14,15,16,17). The molecule has 0 bridgehead atoms. The molecule has 0 fully saturated rings. The minimum absolute atomic E-state index is 0.228. The Balaban J connectivity index is 2.08. The Morgan fingerprint density at radius 3 is 2.83 bits per heavy atom. The molecule has 0 unspecified atom stereocenters. The van der Waals surface area contributed by atoms with Gasteiger partial charge >= 0.3 is 0 Å². The van der Waals surface area contributed by atoms with Crippen molar-refractivity contribution in [2.45, 2.75) is 20.4 Å². The number of nitrogens with one attached hydrogen (secondary N) is 2. The Labute approximate surface area is 109 Å². The Hall–Kier alpha value is -1.69. The van der Waals surface area contributed by atoms with Gasteiger partial charge in [0, 0.05) is 13.1 Å². The van der Waals surface area contributed by atoms with Crippen LogP contribution in [0.25, 0.3) is 0 Å². The number of aromatic nitrogens is 2. The molecule has 2 aromatic rings. The van der Waals surface area contributed by atoms with Crippen molar-refractivity contribution >= 4 is 23.1 Å². The third kappa shape index (κ3) is 2.95. The molecule has 2 rings (SSSR count). The van der Waals surface area contributed by atoms with Crippen LogP contribution in [0, 0.1) is 12.7 Å². The molecule has 0 amide bonds. The van der Waals surface area contributed by atoms with E-state index in [1.165, 1.54) is 11.8 Å². The van der Waals surface area contributed by atoms with Crippen LogP contribution in [0.2, 0.25) is 0 Å². The molecule has 0 aromatic carbocycles. The summed E-state index contributed by atoms with van der Waals surface area (Å²) in [5.41, 5.74) is 2.36. The van der Waals surface area contributed by atoms with Gasteiger partial charge in [-0.1, -0.05) is 0 Å². The van der Waals surface area contributed by atoms with Crippen molar-refractivity contribution in [2.75, 3.05) is 17.2 Å². The molecule has 0 radical (unpaired) electrons. The molecule has 0 aliphatic heterocycles. The molecule has 0 spiro atoms. The van der Waals surface area contributed by atoms with Crippen LogP contribution in [0.15, 0.2) is 17.0 Å². The van der Waals surface area contributed by atoms with Crippen molar-refractivity contribution in [3.63, 3.8) is 0 Å². The lowest BCUT2D eigenvalue weighted by molar-refractivity contribution is 0.617. The lowest BCUT2D eigenvalue weighted by Gasteiger charge is -2.08. The van der Waals surface area contributed by atoms with Crippen LogP contribution in [0.3, 0.4) is 0 Å². The first-order valence-corrected chi connectivity index (χ1v) is 6.67. The van der Waals surface area contributed by atoms with Crippen LogP contribution in [-0.2, 0) is 6.54 Å². The van der Waals surface area contributed by atoms with E-state index in [4.69, 9.17) is 0 Å². The van der Waals surface area contributed by atoms with Crippen LogP contribution in [0.1, 0.15) is 18.1 Å². The molecule has 18 heavy (non-hydrogen) atoms. The lowest BCUT2D eigenvalue weighted by Crippen LogP contribution is -2.08. The smallest absolute Gasteiger partial charge is 0.224 e. The second kappa shape index (κ2) is 5.77. The summed E-state index contributed by atoms with van der Waals surface area (Å²) in [6.07, 6.45) is 1.17. The van der Waals surface area contributed by atoms with Crippen molar-refractivity contribution in [3.05, 3.63) is 33.9 Å². The van der Waals surface area contributed by atoms with E-state index in [0.717, 1.165) is 5.56 Å². The van der Waals surface area contributed by atoms with Crippen molar-refractivity contribution in [1.82, 2.24) is 9.97 Å². The number of anilines is 2. The fourth-order valence-electron chi connectivity index (χ4n) is 1.48. The molecule has 96 valence electrons. The first kappa shape index (κ1) is 12.8. The molecule has 0 saturated carbocycles. The molecular weight excluding hydrogens is 251 g/mol. The average molecular weight is 266 g/mol. The van der Waals surface area contributed by atoms with E-state index in [2.05, 4.69) is 26.0 Å². The van der Waals surface area contributed by atoms with E-state index < -0.39 is 5.82 Å². The molecule has 2 heterocycles. The Kier molecular flexibility index (Phi) is 4.09. The Morgan fingerprint density at radius 2 is 2.17 bits per heavy atom. The van der Waals surface area contributed by atoms with Gasteiger partial charge in [-0.2, -0.15) is 16.3 Å². The fourth-order valence-corrected chi connectivity index (χ4v) is 2.34. The summed E-state index contributed by atoms with van der Waals surface area (Å²) in [6, 6.07) is 0. The van der Waals surface area contributed by atoms with Crippen molar-refractivity contribution < 1.29 is 4.39 Å². The number of rotatable bonds is 5. The van der Waals surface area contributed by atoms with Gasteiger partial charge in [0.2, 0.25) is 5.95 Å². The maximum absolute atomic E-state index is 13.5. The van der Waals surface area contributed by atoms with Gasteiger partial charge in [0.25, 0.3) is 0 Å². The van der Waals surface area contributed by atoms with E-state index in [9.17, 15) is 4.39 Å². The van der Waals surface area contributed by atoms with Gasteiger partial charge in [-0.05, 0) is 35.7 Å². The molecule has 0 aliphatic rings. The first-order valence-electron chi connectivity index (χ1n) is 5.72. The van der Waals surface area contributed by atoms with Gasteiger partial charge in [0.15, 0.2) is 11.6 Å². The summed E-state index contributed by atoms with van der Waals surface area (Å²) >= 11 is 1.64. The monoisotopic (exact) mass is 266 g/mol. The second-order valence-corrected chi connectivity index (χ2v) is 4.60. The largest absolute Gasteiger partial charge is 0.363 e. The Morgan fingerprint density at radius 1 is 1.33 bits per heavy atom. The molecule has 2 aromatic heterocycles. The highest BCUT2D eigenvalue weighted by molar-refractivity contribution is 7.08. The number of aryl methyl sites for hydroxylation is 1. The topological polar surface area (TPSA) is 49.8 Å². The fraction of sp³-hybridized carbons (Fsp3) is 0.333. The summed E-state index contributed by atoms with van der Waals surface area (Å²) in [7, 11) is 0. The second-order valence-electron chi connectivity index (χ2n) is 3.85. The molecule has 0 aliphatic carbocycles. The predicted molar refractivity (Wildman–Crippen MR) is 72.5 cm³/mol. The summed E-state index contributed by atoms with van der Waals surface area (Å²) in [6.45, 7) is 5.24. The van der Waals surface area contributed by atoms with Gasteiger partial charge in [-0.25, -0.2) is 9.37 Å². The Bertz CT molecular complexity index is 527. The number of halogens is 1. The first-order chi connectivity index (χ1) is 8.70. The van der Waals surface area contributed by atoms with Crippen LogP contribution < -0.4 is 10.6 Å². The number of nitrogens with zero attached hydrogens (tertiary/aromatic N) is 2. The molecule has 0 atom stereocenters. The molecule has 6 heteroatoms. The zero-order chi connectivity index (χ0) is 13.0. The normalized spacial score (nSPS) is 10.4. The van der Waals surface area contributed by atoms with Gasteiger partial charge in [0.1, 0.15) is 0 Å². The average Bonchev–Trinajstić information content (AvgIpc) is 2.76. The molecule has 2 N–H and O–H groups in total. The minimum atomic E-state index is -0.440. The quantitative estimate of drug-likeness (QED) is 0.873. The maximum atomic E-state index is 13.5. The number of thiophene rings is 1. The summed E-state index contributed by atoms with van der Waals surface area (Å²) in [5.74, 6) is 0.222. The summed E-state index contributed by atoms with van der Waals surface area (Å²) in [5, 5.41) is 10.1. The summed E-state index contributed by atoms with van der Waals surface area (Å²) in [4.78, 5) is 7.94. The van der Waals surface area contributed by atoms with Gasteiger partial charge in [-0.3, -0.25) is 0 Å². The van der Waals surface area contributed by atoms with Crippen LogP contribution in [-0.4, -0.2) is 16.5 Å². The van der Waals surface area contributed by atoms with E-state index in [0.29, 0.717) is 19.0 Å². The minimum Gasteiger partial charge on any atom is -0.363 e. The maximum Gasteiger partial charge on any atom is 0.224 e. The molecule has 0 saturated heterocycles. The van der Waals surface area contributed by atoms with Crippen LogP contribution >= 0.6 is 11.3 Å². The highest BCUT2D eigenvalue weighted by atomic mass is 32.1. The number of hydrogen-bond acceptors (Lipinski definition) is 5. The van der Waals surface area contributed by atoms with E-state index in [-0.39, 0.29) is 5.82 Å². The van der Waals surface area contributed by atoms with E-state index in [1.54, 1.807) is 11.3 Å². The zero-order valence-corrected chi connectivity index (χ0v) is 11.1. The van der Waals surface area contributed by atoms with Crippen molar-refractivity contribution in [3.8, 4) is 0 Å². The third-order valence-corrected chi connectivity index (χ3v) is 3.40. The third-order valence-electron chi connectivity index (χ3n) is 2.49. The highest BCUT2D eigenvalue weighted by Crippen LogP contribution is 2.17. The van der Waals surface area contributed by atoms with E-state index in [1.807, 2.05) is 19.2 Å². The molecule has 4 nitrogen and oxygen atoms in total. The SMILES string of the molecule is CCNc1ncc(F)c(NCc2cscc2C)n1. The predicted octanol–water partition coefficient (Wildman–Crippen LogP) is 3.03. The van der Waals surface area contributed by atoms with E-state index >= 15 is 0 Å². The lowest BCUT2D eigenvalue weighted by atomic mass is 10.2. The van der Waals surface area contributed by atoms with Crippen molar-refractivity contribution in [1.29, 1.82) is 0 Å². The van der Waals surface area contributed by atoms with Gasteiger partial charge < -0.3 is 10.6 Å². The highest BCUT2D eigenvalue weighted by Gasteiger charge is 2.07.